The molecule has 1 heterocycles. The van der Waals surface area contributed by atoms with Gasteiger partial charge in [-0.1, -0.05) is 20.3 Å². The highest BCUT2D eigenvalue weighted by molar-refractivity contribution is 5.49. The number of ether oxygens (including phenoxy) is 2. The first-order valence-corrected chi connectivity index (χ1v) is 7.73. The lowest BCUT2D eigenvalue weighted by Gasteiger charge is -2.37. The fraction of sp³-hybridized carbons (Fsp3) is 0.647. The van der Waals surface area contributed by atoms with Crippen molar-refractivity contribution in [3.05, 3.63) is 23.3 Å². The number of hydrogen-bond donors (Lipinski definition) is 0. The number of rotatable bonds is 6. The minimum Gasteiger partial charge on any atom is -0.493 e. The Labute approximate surface area is 122 Å². The Balaban J connectivity index is 2.39. The van der Waals surface area contributed by atoms with Crippen molar-refractivity contribution in [1.29, 1.82) is 0 Å². The minimum absolute atomic E-state index is 0.531. The minimum atomic E-state index is 0.531. The smallest absolute Gasteiger partial charge is 0.161 e. The molecule has 0 bridgehead atoms. The van der Waals surface area contributed by atoms with E-state index in [2.05, 4.69) is 30.9 Å². The molecule has 112 valence electrons. The lowest BCUT2D eigenvalue weighted by molar-refractivity contribution is 0.174. The Bertz CT molecular complexity index is 445. The maximum absolute atomic E-state index is 5.48. The number of benzene rings is 1. The molecule has 0 amide bonds. The highest BCUT2D eigenvalue weighted by Gasteiger charge is 2.27. The van der Waals surface area contributed by atoms with E-state index in [1.807, 2.05) is 0 Å². The van der Waals surface area contributed by atoms with Crippen molar-refractivity contribution < 1.29 is 9.47 Å². The zero-order valence-electron chi connectivity index (χ0n) is 13.2. The van der Waals surface area contributed by atoms with Crippen LogP contribution in [-0.4, -0.2) is 32.2 Å². The molecule has 0 aromatic heterocycles. The molecule has 0 fully saturated rings. The molecule has 1 unspecified atom stereocenters. The van der Waals surface area contributed by atoms with E-state index in [9.17, 15) is 0 Å². The van der Waals surface area contributed by atoms with Crippen molar-refractivity contribution in [2.75, 3.05) is 27.3 Å². The Morgan fingerprint density at radius 3 is 2.40 bits per heavy atom. The van der Waals surface area contributed by atoms with Gasteiger partial charge in [-0.15, -0.1) is 0 Å². The largest absolute Gasteiger partial charge is 0.493 e. The van der Waals surface area contributed by atoms with Gasteiger partial charge in [-0.3, -0.25) is 4.90 Å². The van der Waals surface area contributed by atoms with Crippen molar-refractivity contribution >= 4 is 0 Å². The van der Waals surface area contributed by atoms with E-state index in [0.717, 1.165) is 24.5 Å². The van der Waals surface area contributed by atoms with Crippen molar-refractivity contribution in [1.82, 2.24) is 4.90 Å². The average molecular weight is 277 g/mol. The van der Waals surface area contributed by atoms with E-state index in [4.69, 9.17) is 9.47 Å². The van der Waals surface area contributed by atoms with Crippen LogP contribution in [0.3, 0.4) is 0 Å². The first-order valence-electron chi connectivity index (χ1n) is 7.73. The molecule has 20 heavy (non-hydrogen) atoms. The van der Waals surface area contributed by atoms with Crippen LogP contribution in [0.2, 0.25) is 0 Å². The van der Waals surface area contributed by atoms with Crippen molar-refractivity contribution in [3.63, 3.8) is 0 Å². The summed E-state index contributed by atoms with van der Waals surface area (Å²) in [5.41, 5.74) is 2.86. The number of nitrogens with zero attached hydrogens (tertiary/aromatic N) is 1. The topological polar surface area (TPSA) is 21.7 Å². The highest BCUT2D eigenvalue weighted by atomic mass is 16.5. The van der Waals surface area contributed by atoms with E-state index in [0.29, 0.717) is 6.04 Å². The van der Waals surface area contributed by atoms with Gasteiger partial charge in [0.15, 0.2) is 11.5 Å². The SMILES string of the molecule is CCCC1c2cc(OC)c(OC)cc2CCN1CCC. The zero-order valence-corrected chi connectivity index (χ0v) is 13.2. The van der Waals surface area contributed by atoms with Crippen molar-refractivity contribution in [3.8, 4) is 11.5 Å². The summed E-state index contributed by atoms with van der Waals surface area (Å²) in [6, 6.07) is 4.89. The molecule has 2 rings (SSSR count). The van der Waals surface area contributed by atoms with Crippen molar-refractivity contribution in [2.45, 2.75) is 45.6 Å². The van der Waals surface area contributed by atoms with Crippen LogP contribution in [0.4, 0.5) is 0 Å². The Morgan fingerprint density at radius 1 is 1.10 bits per heavy atom. The van der Waals surface area contributed by atoms with E-state index in [1.54, 1.807) is 14.2 Å². The van der Waals surface area contributed by atoms with Gasteiger partial charge >= 0.3 is 0 Å². The van der Waals surface area contributed by atoms with Gasteiger partial charge in [0, 0.05) is 12.6 Å². The fourth-order valence-electron chi connectivity index (χ4n) is 3.25. The van der Waals surface area contributed by atoms with E-state index < -0.39 is 0 Å². The summed E-state index contributed by atoms with van der Waals surface area (Å²) >= 11 is 0. The third-order valence-electron chi connectivity index (χ3n) is 4.19. The average Bonchev–Trinajstić information content (AvgIpc) is 2.48. The summed E-state index contributed by atoms with van der Waals surface area (Å²) in [5.74, 6) is 1.70. The van der Waals surface area contributed by atoms with Crippen LogP contribution in [0, 0.1) is 0 Å². The lowest BCUT2D eigenvalue weighted by atomic mass is 9.89. The van der Waals surface area contributed by atoms with Gasteiger partial charge in [0.2, 0.25) is 0 Å². The molecule has 0 saturated carbocycles. The molecule has 1 aliphatic heterocycles. The van der Waals surface area contributed by atoms with E-state index in [1.165, 1.54) is 36.9 Å². The molecule has 1 atom stereocenters. The molecule has 3 nitrogen and oxygen atoms in total. The quantitative estimate of drug-likeness (QED) is 0.789. The summed E-state index contributed by atoms with van der Waals surface area (Å²) in [6.07, 6.45) is 4.74. The van der Waals surface area contributed by atoms with Crippen molar-refractivity contribution in [2.24, 2.45) is 0 Å². The van der Waals surface area contributed by atoms with Gasteiger partial charge in [-0.25, -0.2) is 0 Å². The van der Waals surface area contributed by atoms with Crippen LogP contribution >= 0.6 is 0 Å². The van der Waals surface area contributed by atoms with Gasteiger partial charge < -0.3 is 9.47 Å². The highest BCUT2D eigenvalue weighted by Crippen LogP contribution is 2.39. The van der Waals surface area contributed by atoms with Crippen LogP contribution in [-0.2, 0) is 6.42 Å². The Morgan fingerprint density at radius 2 is 1.80 bits per heavy atom. The predicted molar refractivity (Wildman–Crippen MR) is 82.8 cm³/mol. The van der Waals surface area contributed by atoms with Gasteiger partial charge in [-0.05, 0) is 49.1 Å². The summed E-state index contributed by atoms with van der Waals surface area (Å²) in [5, 5.41) is 0. The second-order valence-corrected chi connectivity index (χ2v) is 5.50. The second-order valence-electron chi connectivity index (χ2n) is 5.50. The monoisotopic (exact) mass is 277 g/mol. The maximum Gasteiger partial charge on any atom is 0.161 e. The first-order chi connectivity index (χ1) is 9.74. The Hall–Kier alpha value is -1.22. The van der Waals surface area contributed by atoms with E-state index in [-0.39, 0.29) is 0 Å². The standard InChI is InChI=1S/C17H27NO2/c1-5-7-15-14-12-17(20-4)16(19-3)11-13(14)8-10-18(15)9-6-2/h11-12,15H,5-10H2,1-4H3. The molecule has 0 spiro atoms. The van der Waals surface area contributed by atoms with Gasteiger partial charge in [-0.2, -0.15) is 0 Å². The predicted octanol–water partition coefficient (Wildman–Crippen LogP) is 3.81. The molecule has 0 aliphatic carbocycles. The molecule has 1 aromatic carbocycles. The molecular formula is C17H27NO2. The molecule has 0 radical (unpaired) electrons. The third-order valence-corrected chi connectivity index (χ3v) is 4.19. The third kappa shape index (κ3) is 2.93. The maximum atomic E-state index is 5.48. The first kappa shape index (κ1) is 15.2. The molecule has 1 aromatic rings. The van der Waals surface area contributed by atoms with Gasteiger partial charge in [0.05, 0.1) is 14.2 Å². The Kier molecular flexibility index (Phi) is 5.30. The summed E-state index contributed by atoms with van der Waals surface area (Å²) in [6.45, 7) is 6.85. The molecule has 1 aliphatic rings. The lowest BCUT2D eigenvalue weighted by Crippen LogP contribution is -2.36. The van der Waals surface area contributed by atoms with E-state index >= 15 is 0 Å². The molecule has 0 saturated heterocycles. The van der Waals surface area contributed by atoms with Crippen LogP contribution in [0.1, 0.15) is 50.3 Å². The van der Waals surface area contributed by atoms with Crippen LogP contribution in [0.5, 0.6) is 11.5 Å². The van der Waals surface area contributed by atoms with Gasteiger partial charge in [0.25, 0.3) is 0 Å². The molecule has 3 heteroatoms. The summed E-state index contributed by atoms with van der Waals surface area (Å²) in [7, 11) is 3.42. The fourth-order valence-corrected chi connectivity index (χ4v) is 3.25. The molecule has 0 N–H and O–H groups in total. The summed E-state index contributed by atoms with van der Waals surface area (Å²) < 4.78 is 10.9. The number of fused-ring (bicyclic) bond motifs is 1. The second kappa shape index (κ2) is 6.98. The van der Waals surface area contributed by atoms with Crippen LogP contribution in [0.15, 0.2) is 12.1 Å². The van der Waals surface area contributed by atoms with Gasteiger partial charge in [0.1, 0.15) is 0 Å². The normalized spacial score (nSPS) is 18.7. The van der Waals surface area contributed by atoms with Crippen LogP contribution in [0.25, 0.3) is 0 Å². The number of hydrogen-bond acceptors (Lipinski definition) is 3. The number of methoxy groups -OCH3 is 2. The summed E-state index contributed by atoms with van der Waals surface area (Å²) in [4.78, 5) is 2.62. The zero-order chi connectivity index (χ0) is 14.5. The molecular weight excluding hydrogens is 250 g/mol. The van der Waals surface area contributed by atoms with Crippen LogP contribution < -0.4 is 9.47 Å².